The van der Waals surface area contributed by atoms with Crippen molar-refractivity contribution in [1.82, 2.24) is 9.80 Å². The first-order valence-electron chi connectivity index (χ1n) is 8.35. The van der Waals surface area contributed by atoms with E-state index in [1.807, 2.05) is 36.1 Å². The highest BCUT2D eigenvalue weighted by Gasteiger charge is 2.23. The molecule has 0 unspecified atom stereocenters. The van der Waals surface area contributed by atoms with Crippen molar-refractivity contribution >= 4 is 11.8 Å². The van der Waals surface area contributed by atoms with E-state index in [1.165, 1.54) is 0 Å². The Balaban J connectivity index is 1.74. The number of nitrogens with zero attached hydrogens (tertiary/aromatic N) is 2. The highest BCUT2D eigenvalue weighted by Crippen LogP contribution is 2.13. The van der Waals surface area contributed by atoms with Crippen molar-refractivity contribution in [3.05, 3.63) is 29.8 Å². The van der Waals surface area contributed by atoms with Crippen LogP contribution in [0.25, 0.3) is 0 Å². The number of benzene rings is 1. The number of hydrogen-bond acceptors (Lipinski definition) is 3. The number of piperazine rings is 1. The number of ether oxygens (including phenoxy) is 1. The van der Waals surface area contributed by atoms with Crippen molar-refractivity contribution in [2.24, 2.45) is 0 Å². The van der Waals surface area contributed by atoms with Gasteiger partial charge in [0.1, 0.15) is 5.75 Å². The third-order valence-corrected chi connectivity index (χ3v) is 4.08. The normalized spacial score (nSPS) is 14.7. The Kier molecular flexibility index (Phi) is 6.44. The molecule has 1 fully saturated rings. The third-order valence-electron chi connectivity index (χ3n) is 4.08. The van der Waals surface area contributed by atoms with Gasteiger partial charge >= 0.3 is 0 Å². The maximum atomic E-state index is 12.2. The fourth-order valence-corrected chi connectivity index (χ4v) is 2.63. The first-order valence-corrected chi connectivity index (χ1v) is 8.35. The van der Waals surface area contributed by atoms with E-state index < -0.39 is 0 Å². The van der Waals surface area contributed by atoms with Gasteiger partial charge in [-0.3, -0.25) is 9.59 Å². The molecule has 1 aliphatic rings. The summed E-state index contributed by atoms with van der Waals surface area (Å²) in [5.74, 6) is 0.897. The van der Waals surface area contributed by atoms with Crippen LogP contribution in [0, 0.1) is 6.92 Å². The van der Waals surface area contributed by atoms with Gasteiger partial charge in [-0.05, 0) is 31.0 Å². The molecule has 1 saturated heterocycles. The molecule has 0 atom stereocenters. The predicted molar refractivity (Wildman–Crippen MR) is 89.4 cm³/mol. The molecule has 0 spiro atoms. The highest BCUT2D eigenvalue weighted by atomic mass is 16.5. The SMILES string of the molecule is CCCCC(=O)N1CCN(C(=O)COc2cccc(C)c2)CC1. The van der Waals surface area contributed by atoms with E-state index >= 15 is 0 Å². The van der Waals surface area contributed by atoms with Crippen LogP contribution >= 0.6 is 0 Å². The van der Waals surface area contributed by atoms with Crippen molar-refractivity contribution in [2.75, 3.05) is 32.8 Å². The van der Waals surface area contributed by atoms with Crippen molar-refractivity contribution in [3.8, 4) is 5.75 Å². The van der Waals surface area contributed by atoms with Gasteiger partial charge in [-0.1, -0.05) is 25.5 Å². The van der Waals surface area contributed by atoms with Crippen molar-refractivity contribution in [1.29, 1.82) is 0 Å². The predicted octanol–water partition coefficient (Wildman–Crippen LogP) is 2.23. The molecule has 0 N–H and O–H groups in total. The number of carbonyl (C=O) groups is 2. The third kappa shape index (κ3) is 5.27. The molecular formula is C18H26N2O3. The van der Waals surface area contributed by atoms with Gasteiger partial charge < -0.3 is 14.5 Å². The summed E-state index contributed by atoms with van der Waals surface area (Å²) in [4.78, 5) is 27.8. The second kappa shape index (κ2) is 8.56. The van der Waals surface area contributed by atoms with Crippen LogP contribution in [0.2, 0.25) is 0 Å². The first-order chi connectivity index (χ1) is 11.1. The number of carbonyl (C=O) groups excluding carboxylic acids is 2. The lowest BCUT2D eigenvalue weighted by atomic mass is 10.2. The Morgan fingerprint density at radius 2 is 1.74 bits per heavy atom. The molecule has 0 aliphatic carbocycles. The lowest BCUT2D eigenvalue weighted by molar-refractivity contribution is -0.140. The summed E-state index contributed by atoms with van der Waals surface area (Å²) in [7, 11) is 0. The summed E-state index contributed by atoms with van der Waals surface area (Å²) in [6.45, 7) is 6.55. The molecule has 2 rings (SSSR count). The Bertz CT molecular complexity index is 537. The van der Waals surface area contributed by atoms with E-state index in [0.29, 0.717) is 38.3 Å². The van der Waals surface area contributed by atoms with Crippen LogP contribution in [0.3, 0.4) is 0 Å². The molecule has 1 aromatic carbocycles. The van der Waals surface area contributed by atoms with Crippen LogP contribution in [0.15, 0.2) is 24.3 Å². The quantitative estimate of drug-likeness (QED) is 0.808. The topological polar surface area (TPSA) is 49.9 Å². The standard InChI is InChI=1S/C18H26N2O3/c1-3-4-8-17(21)19-9-11-20(12-10-19)18(22)14-23-16-7-5-6-15(2)13-16/h5-7,13H,3-4,8-12,14H2,1-2H3. The van der Waals surface area contributed by atoms with Gasteiger partial charge in [0.05, 0.1) is 0 Å². The van der Waals surface area contributed by atoms with E-state index in [2.05, 4.69) is 6.92 Å². The average molecular weight is 318 g/mol. The fourth-order valence-electron chi connectivity index (χ4n) is 2.63. The minimum Gasteiger partial charge on any atom is -0.484 e. The monoisotopic (exact) mass is 318 g/mol. The largest absolute Gasteiger partial charge is 0.484 e. The summed E-state index contributed by atoms with van der Waals surface area (Å²) >= 11 is 0. The molecule has 1 aliphatic heterocycles. The van der Waals surface area contributed by atoms with Crippen LogP contribution in [-0.4, -0.2) is 54.4 Å². The fraction of sp³-hybridized carbons (Fsp3) is 0.556. The second-order valence-corrected chi connectivity index (χ2v) is 5.97. The summed E-state index contributed by atoms with van der Waals surface area (Å²) in [6.07, 6.45) is 2.57. The minimum atomic E-state index is -0.0211. The van der Waals surface area contributed by atoms with E-state index in [4.69, 9.17) is 4.74 Å². The van der Waals surface area contributed by atoms with Gasteiger partial charge in [0.25, 0.3) is 5.91 Å². The lowest BCUT2D eigenvalue weighted by Crippen LogP contribution is -2.51. The molecular weight excluding hydrogens is 292 g/mol. The molecule has 1 aromatic rings. The second-order valence-electron chi connectivity index (χ2n) is 5.97. The van der Waals surface area contributed by atoms with Gasteiger partial charge in [-0.25, -0.2) is 0 Å². The van der Waals surface area contributed by atoms with Crippen LogP contribution < -0.4 is 4.74 Å². The summed E-state index contributed by atoms with van der Waals surface area (Å²) < 4.78 is 5.56. The van der Waals surface area contributed by atoms with Gasteiger partial charge in [0.2, 0.25) is 5.91 Å². The number of rotatable bonds is 6. The highest BCUT2D eigenvalue weighted by molar-refractivity contribution is 5.79. The van der Waals surface area contributed by atoms with Crippen LogP contribution in [0.4, 0.5) is 0 Å². The number of aryl methyl sites for hydroxylation is 1. The summed E-state index contributed by atoms with van der Waals surface area (Å²) in [6, 6.07) is 7.67. The summed E-state index contributed by atoms with van der Waals surface area (Å²) in [5.41, 5.74) is 1.11. The number of hydrogen-bond donors (Lipinski definition) is 0. The van der Waals surface area contributed by atoms with Gasteiger partial charge in [0, 0.05) is 32.6 Å². The molecule has 2 amide bonds. The van der Waals surface area contributed by atoms with Crippen molar-refractivity contribution < 1.29 is 14.3 Å². The molecule has 23 heavy (non-hydrogen) atoms. The van der Waals surface area contributed by atoms with E-state index in [1.54, 1.807) is 4.90 Å². The van der Waals surface area contributed by atoms with Crippen molar-refractivity contribution in [2.45, 2.75) is 33.1 Å². The molecule has 0 saturated carbocycles. The zero-order valence-corrected chi connectivity index (χ0v) is 14.1. The van der Waals surface area contributed by atoms with Crippen molar-refractivity contribution in [3.63, 3.8) is 0 Å². The Hall–Kier alpha value is -2.04. The number of amides is 2. The van der Waals surface area contributed by atoms with Gasteiger partial charge in [-0.2, -0.15) is 0 Å². The van der Waals surface area contributed by atoms with Gasteiger partial charge in [-0.15, -0.1) is 0 Å². The number of unbranched alkanes of at least 4 members (excludes halogenated alkanes) is 1. The van der Waals surface area contributed by atoms with Crippen LogP contribution in [0.1, 0.15) is 31.7 Å². The van der Waals surface area contributed by atoms with E-state index in [-0.39, 0.29) is 18.4 Å². The Morgan fingerprint density at radius 1 is 1.09 bits per heavy atom. The molecule has 0 bridgehead atoms. The van der Waals surface area contributed by atoms with E-state index in [9.17, 15) is 9.59 Å². The Labute approximate surface area is 138 Å². The smallest absolute Gasteiger partial charge is 0.260 e. The summed E-state index contributed by atoms with van der Waals surface area (Å²) in [5, 5.41) is 0. The molecule has 5 heteroatoms. The van der Waals surface area contributed by atoms with Crippen LogP contribution in [-0.2, 0) is 9.59 Å². The maximum absolute atomic E-state index is 12.2. The molecule has 1 heterocycles. The maximum Gasteiger partial charge on any atom is 0.260 e. The van der Waals surface area contributed by atoms with E-state index in [0.717, 1.165) is 18.4 Å². The molecule has 126 valence electrons. The first kappa shape index (κ1) is 17.3. The van der Waals surface area contributed by atoms with Crippen LogP contribution in [0.5, 0.6) is 5.75 Å². The zero-order chi connectivity index (χ0) is 16.7. The zero-order valence-electron chi connectivity index (χ0n) is 14.1. The average Bonchev–Trinajstić information content (AvgIpc) is 2.57. The minimum absolute atomic E-state index is 0.0211. The lowest BCUT2D eigenvalue weighted by Gasteiger charge is -2.34. The molecule has 0 aromatic heterocycles. The Morgan fingerprint density at radius 3 is 2.35 bits per heavy atom. The molecule has 5 nitrogen and oxygen atoms in total. The van der Waals surface area contributed by atoms with Gasteiger partial charge in [0.15, 0.2) is 6.61 Å². The molecule has 0 radical (unpaired) electrons.